The van der Waals surface area contributed by atoms with Crippen molar-refractivity contribution in [1.29, 1.82) is 5.41 Å². The SMILES string of the molecule is CNC(=NC(=N)n1c2ccccc2c2cc3c(cc21)c1ccccc1n3-c1ccccc1)c1ccccc1. The van der Waals surface area contributed by atoms with E-state index in [2.05, 4.69) is 88.7 Å². The Balaban J connectivity index is 1.55. The van der Waals surface area contributed by atoms with Crippen LogP contribution >= 0.6 is 0 Å². The number of hydrogen-bond donors (Lipinski definition) is 2. The van der Waals surface area contributed by atoms with E-state index < -0.39 is 0 Å². The summed E-state index contributed by atoms with van der Waals surface area (Å²) in [6, 6.07) is 41.7. The van der Waals surface area contributed by atoms with Crippen LogP contribution in [0.15, 0.2) is 126 Å². The zero-order valence-corrected chi connectivity index (χ0v) is 20.9. The highest BCUT2D eigenvalue weighted by Gasteiger charge is 2.19. The third kappa shape index (κ3) is 3.33. The highest BCUT2D eigenvalue weighted by atomic mass is 15.2. The van der Waals surface area contributed by atoms with Gasteiger partial charge in [-0.15, -0.1) is 0 Å². The van der Waals surface area contributed by atoms with Gasteiger partial charge in [-0.3, -0.25) is 9.98 Å². The predicted molar refractivity (Wildman–Crippen MR) is 159 cm³/mol. The van der Waals surface area contributed by atoms with Crippen LogP contribution in [0.5, 0.6) is 0 Å². The Morgan fingerprint density at radius 3 is 1.87 bits per heavy atom. The normalized spacial score (nSPS) is 12.1. The minimum atomic E-state index is 0.163. The van der Waals surface area contributed by atoms with Crippen LogP contribution in [-0.4, -0.2) is 28.0 Å². The van der Waals surface area contributed by atoms with Crippen LogP contribution in [-0.2, 0) is 0 Å². The molecule has 0 aliphatic rings. The maximum atomic E-state index is 9.13. The summed E-state index contributed by atoms with van der Waals surface area (Å²) in [4.78, 5) is 4.75. The number of aliphatic imine (C=N–C) groups is 1. The van der Waals surface area contributed by atoms with Crippen LogP contribution in [0.25, 0.3) is 49.3 Å². The minimum absolute atomic E-state index is 0.163. The van der Waals surface area contributed by atoms with Crippen LogP contribution in [0.2, 0.25) is 0 Å². The second-order valence-electron chi connectivity index (χ2n) is 9.33. The van der Waals surface area contributed by atoms with Crippen molar-refractivity contribution in [3.63, 3.8) is 0 Å². The van der Waals surface area contributed by atoms with Gasteiger partial charge in [-0.2, -0.15) is 4.99 Å². The van der Waals surface area contributed by atoms with Gasteiger partial charge in [0.25, 0.3) is 0 Å². The Bertz CT molecular complexity index is 2010. The monoisotopic (exact) mass is 491 g/mol. The van der Waals surface area contributed by atoms with Crippen molar-refractivity contribution in [3.8, 4) is 5.69 Å². The lowest BCUT2D eigenvalue weighted by atomic mass is 10.1. The number of fused-ring (bicyclic) bond motifs is 6. The van der Waals surface area contributed by atoms with Gasteiger partial charge in [0.15, 0.2) is 0 Å². The Kier molecular flexibility index (Phi) is 5.08. The number of amidine groups is 1. The second-order valence-corrected chi connectivity index (χ2v) is 9.33. The molecule has 7 rings (SSSR count). The Morgan fingerprint density at radius 1 is 0.605 bits per heavy atom. The highest BCUT2D eigenvalue weighted by molar-refractivity contribution is 6.21. The van der Waals surface area contributed by atoms with Crippen molar-refractivity contribution in [1.82, 2.24) is 14.5 Å². The van der Waals surface area contributed by atoms with Crippen molar-refractivity contribution < 1.29 is 0 Å². The van der Waals surface area contributed by atoms with Gasteiger partial charge < -0.3 is 9.88 Å². The fourth-order valence-electron chi connectivity index (χ4n) is 5.53. The van der Waals surface area contributed by atoms with E-state index in [1.807, 2.05) is 54.1 Å². The van der Waals surface area contributed by atoms with Crippen LogP contribution in [0.4, 0.5) is 0 Å². The number of nitrogens with one attached hydrogen (secondary N) is 2. The number of nitrogens with zero attached hydrogens (tertiary/aromatic N) is 3. The molecular weight excluding hydrogens is 466 g/mol. The van der Waals surface area contributed by atoms with Gasteiger partial charge in [0.1, 0.15) is 5.84 Å². The molecule has 7 aromatic rings. The molecular formula is C33H25N5. The molecule has 5 aromatic carbocycles. The molecule has 182 valence electrons. The number of para-hydroxylation sites is 3. The fraction of sp³-hybridized carbons (Fsp3) is 0.0303. The lowest BCUT2D eigenvalue weighted by Gasteiger charge is -2.10. The van der Waals surface area contributed by atoms with Crippen molar-refractivity contribution in [2.45, 2.75) is 0 Å². The van der Waals surface area contributed by atoms with Gasteiger partial charge in [-0.1, -0.05) is 84.9 Å². The van der Waals surface area contributed by atoms with Crippen molar-refractivity contribution in [2.75, 3.05) is 7.05 Å². The minimum Gasteiger partial charge on any atom is -0.373 e. The summed E-state index contributed by atoms with van der Waals surface area (Å²) in [5.74, 6) is 0.818. The molecule has 5 nitrogen and oxygen atoms in total. The van der Waals surface area contributed by atoms with E-state index in [1.54, 1.807) is 0 Å². The zero-order chi connectivity index (χ0) is 25.6. The molecule has 0 spiro atoms. The molecule has 0 amide bonds. The Hall–Kier alpha value is -5.16. The standard InChI is InChI=1S/C33H25N5/c1-35-32(22-12-4-2-5-13-22)36-33(34)38-29-19-11-9-17-25(29)27-20-30-26(21-31(27)38)24-16-8-10-18-28(24)37(30)23-14-6-3-7-15-23/h2-21H,1H3,(H2,34,35,36). The molecule has 0 aliphatic heterocycles. The highest BCUT2D eigenvalue weighted by Crippen LogP contribution is 2.38. The maximum absolute atomic E-state index is 9.13. The van der Waals surface area contributed by atoms with Gasteiger partial charge in [-0.05, 0) is 36.4 Å². The maximum Gasteiger partial charge on any atom is 0.229 e. The molecule has 0 fully saturated rings. The van der Waals surface area contributed by atoms with E-state index >= 15 is 0 Å². The van der Waals surface area contributed by atoms with E-state index in [4.69, 9.17) is 10.4 Å². The molecule has 0 radical (unpaired) electrons. The van der Waals surface area contributed by atoms with Gasteiger partial charge >= 0.3 is 0 Å². The van der Waals surface area contributed by atoms with E-state index in [0.29, 0.717) is 5.84 Å². The zero-order valence-electron chi connectivity index (χ0n) is 20.9. The number of rotatable bonds is 2. The van der Waals surface area contributed by atoms with Gasteiger partial charge in [0, 0.05) is 39.8 Å². The summed E-state index contributed by atoms with van der Waals surface area (Å²) in [5, 5.41) is 16.8. The van der Waals surface area contributed by atoms with E-state index in [1.165, 1.54) is 5.39 Å². The average molecular weight is 492 g/mol. The largest absolute Gasteiger partial charge is 0.373 e. The Morgan fingerprint density at radius 2 is 1.16 bits per heavy atom. The number of hydrogen-bond acceptors (Lipinski definition) is 1. The number of benzene rings is 5. The van der Waals surface area contributed by atoms with Crippen LogP contribution in [0, 0.1) is 5.41 Å². The molecule has 0 aliphatic carbocycles. The van der Waals surface area contributed by atoms with Gasteiger partial charge in [0.2, 0.25) is 5.96 Å². The smallest absolute Gasteiger partial charge is 0.229 e. The second kappa shape index (κ2) is 8.75. The van der Waals surface area contributed by atoms with Crippen LogP contribution < -0.4 is 5.32 Å². The topological polar surface area (TPSA) is 58.1 Å². The third-order valence-electron chi connectivity index (χ3n) is 7.19. The first-order valence-electron chi connectivity index (χ1n) is 12.7. The molecule has 2 aromatic heterocycles. The van der Waals surface area contributed by atoms with E-state index in [9.17, 15) is 0 Å². The summed E-state index contributed by atoms with van der Waals surface area (Å²) >= 11 is 0. The molecule has 2 heterocycles. The molecule has 0 atom stereocenters. The first-order chi connectivity index (χ1) is 18.7. The first-order valence-corrected chi connectivity index (χ1v) is 12.7. The van der Waals surface area contributed by atoms with Crippen molar-refractivity contribution >= 4 is 55.4 Å². The summed E-state index contributed by atoms with van der Waals surface area (Å²) in [6.45, 7) is 0. The van der Waals surface area contributed by atoms with Crippen molar-refractivity contribution in [2.24, 2.45) is 4.99 Å². The quantitative estimate of drug-likeness (QED) is 0.193. The first kappa shape index (κ1) is 22.1. The molecule has 38 heavy (non-hydrogen) atoms. The van der Waals surface area contributed by atoms with Crippen LogP contribution in [0.1, 0.15) is 5.56 Å². The molecule has 0 bridgehead atoms. The van der Waals surface area contributed by atoms with E-state index in [0.717, 1.165) is 49.5 Å². The molecule has 0 unspecified atom stereocenters. The van der Waals surface area contributed by atoms with Crippen LogP contribution in [0.3, 0.4) is 0 Å². The summed E-state index contributed by atoms with van der Waals surface area (Å²) in [7, 11) is 1.84. The molecule has 0 saturated carbocycles. The molecule has 0 saturated heterocycles. The summed E-state index contributed by atoms with van der Waals surface area (Å²) < 4.78 is 4.28. The Labute approximate surface area is 219 Å². The third-order valence-corrected chi connectivity index (χ3v) is 7.19. The average Bonchev–Trinajstić information content (AvgIpc) is 3.48. The summed E-state index contributed by atoms with van der Waals surface area (Å²) in [6.07, 6.45) is 0. The van der Waals surface area contributed by atoms with Crippen molar-refractivity contribution in [3.05, 3.63) is 127 Å². The molecule has 2 N–H and O–H groups in total. The summed E-state index contributed by atoms with van der Waals surface area (Å²) in [5.41, 5.74) is 6.29. The fourth-order valence-corrected chi connectivity index (χ4v) is 5.53. The lowest BCUT2D eigenvalue weighted by Crippen LogP contribution is -2.22. The van der Waals surface area contributed by atoms with Gasteiger partial charge in [0.05, 0.1) is 22.1 Å². The number of aromatic nitrogens is 2. The van der Waals surface area contributed by atoms with Gasteiger partial charge in [-0.25, -0.2) is 0 Å². The lowest BCUT2D eigenvalue weighted by molar-refractivity contribution is 1.13. The predicted octanol–water partition coefficient (Wildman–Crippen LogP) is 7.34. The van der Waals surface area contributed by atoms with E-state index in [-0.39, 0.29) is 5.96 Å². The molecule has 5 heteroatoms.